The van der Waals surface area contributed by atoms with Gasteiger partial charge < -0.3 is 30.1 Å². The van der Waals surface area contributed by atoms with Crippen LogP contribution in [0.2, 0.25) is 5.02 Å². The average Bonchev–Trinajstić information content (AvgIpc) is 3.62. The maximum atomic E-state index is 14.5. The Morgan fingerprint density at radius 3 is 2.32 bits per heavy atom. The van der Waals surface area contributed by atoms with E-state index in [4.69, 9.17) is 21.1 Å². The molecule has 2 bridgehead atoms. The highest BCUT2D eigenvalue weighted by molar-refractivity contribution is 9.09. The fourth-order valence-corrected chi connectivity index (χ4v) is 8.04. The number of nitrogens with zero attached hydrogens (tertiary/aromatic N) is 1. The van der Waals surface area contributed by atoms with Crippen LogP contribution in [0.5, 0.6) is 5.75 Å². The molecule has 3 heterocycles. The lowest BCUT2D eigenvalue weighted by atomic mass is 9.70. The van der Waals surface area contributed by atoms with E-state index in [1.807, 2.05) is 37.3 Å². The second-order valence-electron chi connectivity index (χ2n) is 11.4. The van der Waals surface area contributed by atoms with E-state index in [9.17, 15) is 19.5 Å². The minimum atomic E-state index is -1.28. The summed E-state index contributed by atoms with van der Waals surface area (Å²) in [5.41, 5.74) is 0.678. The number of alkyl halides is 1. The predicted octanol–water partition coefficient (Wildman–Crippen LogP) is 4.67. The van der Waals surface area contributed by atoms with Gasteiger partial charge in [0, 0.05) is 21.2 Å². The summed E-state index contributed by atoms with van der Waals surface area (Å²) < 4.78 is 12.1. The number of halogens is 2. The topological polar surface area (TPSA) is 117 Å². The molecule has 44 heavy (non-hydrogen) atoms. The SMILES string of the molecule is CCOc1ccc(NC(=O)[C@H]2[C@H]3C(=O)N([C@@H](CO)Cc4ccccc4)C(C(=O)Nc4ccc(Cl)cc4)C34CC(Br)[C@@H]2O4)cc1. The summed E-state index contributed by atoms with van der Waals surface area (Å²) in [5.74, 6) is -2.31. The number of likely N-dealkylation sites (tertiary alicyclic amines) is 1. The Labute approximate surface area is 269 Å². The van der Waals surface area contributed by atoms with Crippen LogP contribution in [0.1, 0.15) is 18.9 Å². The number of ether oxygens (including phenoxy) is 2. The summed E-state index contributed by atoms with van der Waals surface area (Å²) in [7, 11) is 0. The van der Waals surface area contributed by atoms with Gasteiger partial charge in [-0.2, -0.15) is 0 Å². The molecular weight excluding hydrogens is 650 g/mol. The first-order valence-corrected chi connectivity index (χ1v) is 15.9. The van der Waals surface area contributed by atoms with E-state index in [2.05, 4.69) is 26.6 Å². The van der Waals surface area contributed by atoms with E-state index in [-0.39, 0.29) is 23.2 Å². The van der Waals surface area contributed by atoms with Gasteiger partial charge in [0.1, 0.15) is 17.4 Å². The Balaban J connectivity index is 1.35. The second kappa shape index (κ2) is 12.5. The zero-order valence-corrected chi connectivity index (χ0v) is 26.3. The summed E-state index contributed by atoms with van der Waals surface area (Å²) in [6.07, 6.45) is 0.0433. The van der Waals surface area contributed by atoms with Crippen LogP contribution in [0.15, 0.2) is 78.9 Å². The fourth-order valence-electron chi connectivity index (χ4n) is 6.97. The molecule has 0 radical (unpaired) electrons. The summed E-state index contributed by atoms with van der Waals surface area (Å²) in [5, 5.41) is 17.0. The highest BCUT2D eigenvalue weighted by atomic mass is 79.9. The van der Waals surface area contributed by atoms with Crippen LogP contribution in [-0.2, 0) is 25.5 Å². The van der Waals surface area contributed by atoms with E-state index >= 15 is 0 Å². The number of amides is 3. The van der Waals surface area contributed by atoms with E-state index in [0.717, 1.165) is 5.56 Å². The molecule has 9 nitrogen and oxygen atoms in total. The summed E-state index contributed by atoms with van der Waals surface area (Å²) in [4.78, 5) is 43.8. The number of benzene rings is 3. The molecule has 11 heteroatoms. The number of anilines is 2. The molecule has 3 fully saturated rings. The third kappa shape index (κ3) is 5.49. The molecule has 230 valence electrons. The molecule has 0 saturated carbocycles. The van der Waals surface area contributed by atoms with Crippen LogP contribution in [0.3, 0.4) is 0 Å². The summed E-state index contributed by atoms with van der Waals surface area (Å²) in [6.45, 7) is 2.04. The normalized spacial score (nSPS) is 27.6. The van der Waals surface area contributed by atoms with Crippen LogP contribution >= 0.6 is 27.5 Å². The fraction of sp³-hybridized carbons (Fsp3) is 0.364. The quantitative estimate of drug-likeness (QED) is 0.268. The van der Waals surface area contributed by atoms with Crippen molar-refractivity contribution in [1.29, 1.82) is 0 Å². The third-order valence-electron chi connectivity index (χ3n) is 8.74. The zero-order valence-electron chi connectivity index (χ0n) is 24.0. The Bertz CT molecular complexity index is 1520. The maximum absolute atomic E-state index is 14.5. The van der Waals surface area contributed by atoms with Crippen LogP contribution in [0, 0.1) is 11.8 Å². The first-order chi connectivity index (χ1) is 21.3. The van der Waals surface area contributed by atoms with Crippen molar-refractivity contribution in [3.8, 4) is 5.75 Å². The van der Waals surface area contributed by atoms with Crippen LogP contribution in [0.25, 0.3) is 0 Å². The first kappa shape index (κ1) is 30.6. The Morgan fingerprint density at radius 1 is 1.05 bits per heavy atom. The Kier molecular flexibility index (Phi) is 8.70. The molecule has 0 aromatic heterocycles. The molecule has 6 rings (SSSR count). The highest BCUT2D eigenvalue weighted by Crippen LogP contribution is 2.60. The monoisotopic (exact) mass is 681 g/mol. The number of nitrogens with one attached hydrogen (secondary N) is 2. The van der Waals surface area contributed by atoms with E-state index in [1.165, 1.54) is 4.90 Å². The molecule has 3 saturated heterocycles. The van der Waals surface area contributed by atoms with Crippen molar-refractivity contribution in [2.45, 2.75) is 48.4 Å². The van der Waals surface area contributed by atoms with Crippen molar-refractivity contribution in [1.82, 2.24) is 4.90 Å². The molecule has 3 aromatic carbocycles. The van der Waals surface area contributed by atoms with Gasteiger partial charge in [-0.05, 0) is 73.9 Å². The van der Waals surface area contributed by atoms with Crippen molar-refractivity contribution in [2.75, 3.05) is 23.8 Å². The lowest BCUT2D eigenvalue weighted by Crippen LogP contribution is -2.57. The highest BCUT2D eigenvalue weighted by Gasteiger charge is 2.77. The van der Waals surface area contributed by atoms with E-state index < -0.39 is 41.5 Å². The molecular formula is C33H33BrClN3O6. The largest absolute Gasteiger partial charge is 0.494 e. The molecule has 7 atom stereocenters. The Hall–Kier alpha value is -3.44. The number of hydrogen-bond donors (Lipinski definition) is 3. The number of fused-ring (bicyclic) bond motifs is 1. The summed E-state index contributed by atoms with van der Waals surface area (Å²) >= 11 is 9.76. The summed E-state index contributed by atoms with van der Waals surface area (Å²) in [6, 6.07) is 21.4. The lowest BCUT2D eigenvalue weighted by molar-refractivity contribution is -0.143. The van der Waals surface area contributed by atoms with Gasteiger partial charge >= 0.3 is 0 Å². The first-order valence-electron chi connectivity index (χ1n) is 14.6. The van der Waals surface area contributed by atoms with Crippen molar-refractivity contribution in [3.63, 3.8) is 0 Å². The standard InChI is InChI=1S/C33H33BrClN3O6/c1-2-43-24-14-12-22(13-15-24)36-30(40)26-27-32(42)38(23(18-39)16-19-6-4-3-5-7-19)29(33(27)17-25(34)28(26)44-33)31(41)37-21-10-8-20(35)9-11-21/h3-15,23,25-29,39H,2,16-18H2,1H3,(H,36,40)(H,37,41)/t23-,25?,26+,27+,28+,29?,33?/m1/s1. The lowest BCUT2D eigenvalue weighted by Gasteiger charge is -2.37. The van der Waals surface area contributed by atoms with Gasteiger partial charge in [-0.1, -0.05) is 57.9 Å². The van der Waals surface area contributed by atoms with Gasteiger partial charge in [0.25, 0.3) is 0 Å². The molecule has 3 unspecified atom stereocenters. The van der Waals surface area contributed by atoms with Crippen LogP contribution in [-0.4, -0.2) is 69.6 Å². The van der Waals surface area contributed by atoms with Gasteiger partial charge in [0.05, 0.1) is 37.2 Å². The van der Waals surface area contributed by atoms with E-state index in [0.29, 0.717) is 41.6 Å². The molecule has 3 aromatic rings. The molecule has 3 aliphatic heterocycles. The van der Waals surface area contributed by atoms with Crippen LogP contribution < -0.4 is 15.4 Å². The number of rotatable bonds is 10. The van der Waals surface area contributed by atoms with Crippen LogP contribution in [0.4, 0.5) is 11.4 Å². The number of carbonyl (C=O) groups excluding carboxylic acids is 3. The maximum Gasteiger partial charge on any atom is 0.250 e. The smallest absolute Gasteiger partial charge is 0.250 e. The molecule has 1 spiro atoms. The minimum absolute atomic E-state index is 0.268. The van der Waals surface area contributed by atoms with Gasteiger partial charge in [0.2, 0.25) is 17.7 Å². The van der Waals surface area contributed by atoms with Gasteiger partial charge in [0.15, 0.2) is 0 Å². The third-order valence-corrected chi connectivity index (χ3v) is 9.84. The second-order valence-corrected chi connectivity index (χ2v) is 13.0. The van der Waals surface area contributed by atoms with Crippen molar-refractivity contribution >= 4 is 56.6 Å². The minimum Gasteiger partial charge on any atom is -0.494 e. The number of carbonyl (C=O) groups is 3. The number of aliphatic hydroxyl groups is 1. The number of aliphatic hydroxyl groups excluding tert-OH is 1. The van der Waals surface area contributed by atoms with Crippen molar-refractivity contribution in [2.24, 2.45) is 11.8 Å². The molecule has 3 aliphatic rings. The molecule has 3 amide bonds. The Morgan fingerprint density at radius 2 is 1.68 bits per heavy atom. The number of hydrogen-bond acceptors (Lipinski definition) is 6. The van der Waals surface area contributed by atoms with Gasteiger partial charge in [-0.15, -0.1) is 0 Å². The zero-order chi connectivity index (χ0) is 31.0. The van der Waals surface area contributed by atoms with Crippen molar-refractivity contribution in [3.05, 3.63) is 89.4 Å². The average molecular weight is 683 g/mol. The van der Waals surface area contributed by atoms with Gasteiger partial charge in [-0.25, -0.2) is 0 Å². The molecule has 0 aliphatic carbocycles. The predicted molar refractivity (Wildman–Crippen MR) is 170 cm³/mol. The molecule has 3 N–H and O–H groups in total. The van der Waals surface area contributed by atoms with Gasteiger partial charge in [-0.3, -0.25) is 14.4 Å². The van der Waals surface area contributed by atoms with Crippen molar-refractivity contribution < 1.29 is 29.0 Å². The van der Waals surface area contributed by atoms with E-state index in [1.54, 1.807) is 48.5 Å².